The molecule has 0 aromatic heterocycles. The van der Waals surface area contributed by atoms with Crippen molar-refractivity contribution < 1.29 is 18.0 Å². The molecule has 0 unspecified atom stereocenters. The van der Waals surface area contributed by atoms with Crippen molar-refractivity contribution in [2.45, 2.75) is 32.7 Å². The highest BCUT2D eigenvalue weighted by molar-refractivity contribution is 7.92. The van der Waals surface area contributed by atoms with Gasteiger partial charge in [0.05, 0.1) is 18.5 Å². The molecule has 0 aliphatic rings. The molecule has 2 amide bonds. The quantitative estimate of drug-likeness (QED) is 0.261. The van der Waals surface area contributed by atoms with Crippen LogP contribution in [0, 0.1) is 0 Å². The molecule has 8 heteroatoms. The van der Waals surface area contributed by atoms with Gasteiger partial charge < -0.3 is 10.6 Å². The third kappa shape index (κ3) is 7.36. The fourth-order valence-corrected chi connectivity index (χ4v) is 5.01. The Bertz CT molecular complexity index is 1590. The lowest BCUT2D eigenvalue weighted by molar-refractivity contribution is 0.101. The zero-order valence-corrected chi connectivity index (χ0v) is 23.8. The molecule has 0 spiro atoms. The maximum Gasteiger partial charge on any atom is 0.255 e. The van der Waals surface area contributed by atoms with Crippen LogP contribution in [0.3, 0.4) is 0 Å². The molecular formula is C32H33N3O4S. The molecule has 0 atom stereocenters. The minimum Gasteiger partial charge on any atom is -0.322 e. The summed E-state index contributed by atoms with van der Waals surface area (Å²) in [4.78, 5) is 25.6. The Labute approximate surface area is 235 Å². The number of hydrogen-bond acceptors (Lipinski definition) is 4. The van der Waals surface area contributed by atoms with E-state index in [2.05, 4.69) is 31.4 Å². The summed E-state index contributed by atoms with van der Waals surface area (Å²) in [7, 11) is -3.50. The summed E-state index contributed by atoms with van der Waals surface area (Å²) in [5, 5.41) is 5.73. The van der Waals surface area contributed by atoms with Gasteiger partial charge in [0.25, 0.3) is 11.8 Å². The first-order valence-corrected chi connectivity index (χ1v) is 14.7. The van der Waals surface area contributed by atoms with E-state index in [0.29, 0.717) is 28.2 Å². The van der Waals surface area contributed by atoms with Gasteiger partial charge in [0, 0.05) is 22.5 Å². The molecule has 40 heavy (non-hydrogen) atoms. The van der Waals surface area contributed by atoms with Gasteiger partial charge in [-0.25, -0.2) is 8.42 Å². The van der Waals surface area contributed by atoms with Gasteiger partial charge in [-0.2, -0.15) is 0 Å². The zero-order valence-electron chi connectivity index (χ0n) is 23.0. The average molecular weight is 556 g/mol. The predicted octanol–water partition coefficient (Wildman–Crippen LogP) is 6.45. The molecule has 0 aliphatic heterocycles. The van der Waals surface area contributed by atoms with Gasteiger partial charge in [-0.3, -0.25) is 13.9 Å². The molecule has 0 bridgehead atoms. The van der Waals surface area contributed by atoms with E-state index in [1.165, 1.54) is 10.6 Å². The minimum atomic E-state index is -3.50. The Kier molecular flexibility index (Phi) is 8.40. The van der Waals surface area contributed by atoms with E-state index in [9.17, 15) is 18.0 Å². The molecule has 206 valence electrons. The van der Waals surface area contributed by atoms with Crippen LogP contribution in [-0.2, 0) is 22.0 Å². The lowest BCUT2D eigenvalue weighted by Gasteiger charge is -2.22. The molecule has 4 rings (SSSR count). The standard InChI is InChI=1S/C32H33N3O4S/c1-32(2,3)26-19-17-25(18-20-26)31(37)34-28-10-8-9-27(21-28)33-30(36)24-15-13-23(14-16-24)22-35(40(4,38)39)29-11-6-5-7-12-29/h5-21H,22H2,1-4H3,(H,33,36)(H,34,37). The number of carbonyl (C=O) groups excluding carboxylic acids is 2. The summed E-state index contributed by atoms with van der Waals surface area (Å²) in [5.74, 6) is -0.561. The fourth-order valence-electron chi connectivity index (χ4n) is 4.12. The minimum absolute atomic E-state index is 0.000528. The molecule has 0 heterocycles. The van der Waals surface area contributed by atoms with Gasteiger partial charge in [0.1, 0.15) is 0 Å². The monoisotopic (exact) mass is 555 g/mol. The Morgan fingerprint density at radius 2 is 1.20 bits per heavy atom. The van der Waals surface area contributed by atoms with E-state index in [-0.39, 0.29) is 23.8 Å². The lowest BCUT2D eigenvalue weighted by Crippen LogP contribution is -2.29. The largest absolute Gasteiger partial charge is 0.322 e. The van der Waals surface area contributed by atoms with Crippen molar-refractivity contribution >= 4 is 38.9 Å². The van der Waals surface area contributed by atoms with Gasteiger partial charge in [-0.15, -0.1) is 0 Å². The number of amides is 2. The maximum atomic E-state index is 12.9. The first-order chi connectivity index (χ1) is 18.9. The summed E-state index contributed by atoms with van der Waals surface area (Å²) in [5.41, 5.74) is 4.51. The molecule has 7 nitrogen and oxygen atoms in total. The summed E-state index contributed by atoms with van der Waals surface area (Å²) in [6, 6.07) is 30.1. The topological polar surface area (TPSA) is 95.6 Å². The van der Waals surface area contributed by atoms with Crippen LogP contribution in [0.1, 0.15) is 52.6 Å². The summed E-state index contributed by atoms with van der Waals surface area (Å²) in [6.45, 7) is 6.50. The highest BCUT2D eigenvalue weighted by Crippen LogP contribution is 2.24. The van der Waals surface area contributed by atoms with Crippen LogP contribution in [0.15, 0.2) is 103 Å². The third-order valence-electron chi connectivity index (χ3n) is 6.38. The number of nitrogens with zero attached hydrogens (tertiary/aromatic N) is 1. The molecule has 2 N–H and O–H groups in total. The second-order valence-corrected chi connectivity index (χ2v) is 12.5. The summed E-state index contributed by atoms with van der Waals surface area (Å²) < 4.78 is 26.1. The number of benzene rings is 4. The first kappa shape index (κ1) is 28.6. The molecule has 4 aromatic carbocycles. The normalized spacial score (nSPS) is 11.5. The molecule has 0 saturated carbocycles. The van der Waals surface area contributed by atoms with E-state index in [1.807, 2.05) is 18.2 Å². The number of nitrogens with one attached hydrogen (secondary N) is 2. The number of hydrogen-bond donors (Lipinski definition) is 2. The summed E-state index contributed by atoms with van der Waals surface area (Å²) in [6.07, 6.45) is 1.17. The van der Waals surface area contributed by atoms with Crippen LogP contribution in [0.4, 0.5) is 17.1 Å². The van der Waals surface area contributed by atoms with Gasteiger partial charge in [0.2, 0.25) is 10.0 Å². The molecule has 0 radical (unpaired) electrons. The number of sulfonamides is 1. The lowest BCUT2D eigenvalue weighted by atomic mass is 9.87. The van der Waals surface area contributed by atoms with Crippen LogP contribution < -0.4 is 14.9 Å². The van der Waals surface area contributed by atoms with Crippen molar-refractivity contribution in [2.24, 2.45) is 0 Å². The molecular weight excluding hydrogens is 522 g/mol. The second-order valence-electron chi connectivity index (χ2n) is 10.6. The highest BCUT2D eigenvalue weighted by Gasteiger charge is 2.18. The predicted molar refractivity (Wildman–Crippen MR) is 161 cm³/mol. The van der Waals surface area contributed by atoms with Crippen molar-refractivity contribution in [3.05, 3.63) is 125 Å². The van der Waals surface area contributed by atoms with Crippen molar-refractivity contribution in [1.29, 1.82) is 0 Å². The number of anilines is 3. The van der Waals surface area contributed by atoms with Crippen molar-refractivity contribution in [2.75, 3.05) is 21.2 Å². The van der Waals surface area contributed by atoms with Crippen LogP contribution >= 0.6 is 0 Å². The van der Waals surface area contributed by atoms with Crippen LogP contribution in [0.2, 0.25) is 0 Å². The fraction of sp³-hybridized carbons (Fsp3) is 0.188. The number of rotatable bonds is 8. The van der Waals surface area contributed by atoms with Gasteiger partial charge in [-0.1, -0.05) is 69.3 Å². The zero-order chi connectivity index (χ0) is 28.9. The first-order valence-electron chi connectivity index (χ1n) is 12.9. The van der Waals surface area contributed by atoms with Crippen molar-refractivity contribution in [3.8, 4) is 0 Å². The molecule has 4 aromatic rings. The van der Waals surface area contributed by atoms with Crippen LogP contribution in [-0.4, -0.2) is 26.5 Å². The van der Waals surface area contributed by atoms with E-state index in [4.69, 9.17) is 0 Å². The van der Waals surface area contributed by atoms with E-state index >= 15 is 0 Å². The summed E-state index contributed by atoms with van der Waals surface area (Å²) >= 11 is 0. The van der Waals surface area contributed by atoms with Gasteiger partial charge in [0.15, 0.2) is 0 Å². The van der Waals surface area contributed by atoms with Crippen molar-refractivity contribution in [3.63, 3.8) is 0 Å². The third-order valence-corrected chi connectivity index (χ3v) is 7.52. The Morgan fingerprint density at radius 3 is 1.68 bits per heavy atom. The van der Waals surface area contributed by atoms with Crippen molar-refractivity contribution in [1.82, 2.24) is 0 Å². The molecule has 0 saturated heterocycles. The molecule has 0 fully saturated rings. The van der Waals surface area contributed by atoms with Gasteiger partial charge >= 0.3 is 0 Å². The van der Waals surface area contributed by atoms with Gasteiger partial charge in [-0.05, 0) is 71.1 Å². The number of carbonyl (C=O) groups is 2. The van der Waals surface area contributed by atoms with E-state index < -0.39 is 10.0 Å². The Morgan fingerprint density at radius 1 is 0.700 bits per heavy atom. The van der Waals surface area contributed by atoms with E-state index in [0.717, 1.165) is 11.1 Å². The van der Waals surface area contributed by atoms with Crippen LogP contribution in [0.5, 0.6) is 0 Å². The second kappa shape index (κ2) is 11.8. The smallest absolute Gasteiger partial charge is 0.255 e. The SMILES string of the molecule is CC(C)(C)c1ccc(C(=O)Nc2cccc(NC(=O)c3ccc(CN(c4ccccc4)S(C)(=O)=O)cc3)c2)cc1. The molecule has 0 aliphatic carbocycles. The van der Waals surface area contributed by atoms with Crippen LogP contribution in [0.25, 0.3) is 0 Å². The highest BCUT2D eigenvalue weighted by atomic mass is 32.2. The Balaban J connectivity index is 1.40. The Hall–Kier alpha value is -4.43. The maximum absolute atomic E-state index is 12.9. The number of para-hydroxylation sites is 1. The average Bonchev–Trinajstić information content (AvgIpc) is 2.91. The van der Waals surface area contributed by atoms with E-state index in [1.54, 1.807) is 84.9 Å².